The van der Waals surface area contributed by atoms with Crippen LogP contribution in [0.25, 0.3) is 11.4 Å². The Morgan fingerprint density at radius 1 is 1.06 bits per heavy atom. The molecule has 0 bridgehead atoms. The molecule has 2 aromatic heterocycles. The van der Waals surface area contributed by atoms with Gasteiger partial charge in [0.2, 0.25) is 0 Å². The molecule has 0 aliphatic carbocycles. The Bertz CT molecular complexity index is 1310. The summed E-state index contributed by atoms with van der Waals surface area (Å²) in [5, 5.41) is 9.22. The Morgan fingerprint density at radius 3 is 2.53 bits per heavy atom. The third-order valence-electron chi connectivity index (χ3n) is 5.82. The second-order valence-corrected chi connectivity index (χ2v) is 9.01. The number of rotatable bonds is 10. The number of allylic oxidation sites excluding steroid dienone is 1. The number of hydrogen-bond acceptors (Lipinski definition) is 4. The fraction of sp³-hybridized carbons (Fsp3) is 0.222. The number of carbonyl (C=O) groups excluding carboxylic acids is 1. The molecule has 0 fully saturated rings. The van der Waals surface area contributed by atoms with Crippen molar-refractivity contribution < 1.29 is 9.18 Å². The van der Waals surface area contributed by atoms with Gasteiger partial charge in [0, 0.05) is 30.0 Å². The summed E-state index contributed by atoms with van der Waals surface area (Å²) in [5.74, 6) is 0.365. The molecule has 5 nitrogen and oxygen atoms in total. The monoisotopic (exact) mass is 474 g/mol. The molecule has 0 atom stereocenters. The lowest BCUT2D eigenvalue weighted by atomic mass is 10.1. The first kappa shape index (κ1) is 23.7. The number of carbonyl (C=O) groups is 1. The van der Waals surface area contributed by atoms with Gasteiger partial charge in [0.25, 0.3) is 0 Å². The van der Waals surface area contributed by atoms with Crippen molar-refractivity contribution in [1.82, 2.24) is 19.3 Å². The quantitative estimate of drug-likeness (QED) is 0.163. The summed E-state index contributed by atoms with van der Waals surface area (Å²) in [5.41, 5.74) is 4.22. The summed E-state index contributed by atoms with van der Waals surface area (Å²) in [6, 6.07) is 18.6. The van der Waals surface area contributed by atoms with Gasteiger partial charge < -0.3 is 9.13 Å². The predicted octanol–water partition coefficient (Wildman–Crippen LogP) is 5.91. The zero-order valence-electron chi connectivity index (χ0n) is 19.4. The number of nitrogens with zero attached hydrogens (tertiary/aromatic N) is 4. The molecule has 0 saturated carbocycles. The normalized spacial score (nSPS) is 11.0. The molecule has 0 aliphatic heterocycles. The van der Waals surface area contributed by atoms with Crippen LogP contribution < -0.4 is 0 Å². The minimum atomic E-state index is -0.349. The van der Waals surface area contributed by atoms with E-state index in [2.05, 4.69) is 33.5 Å². The first-order valence-electron chi connectivity index (χ1n) is 11.1. The Balaban J connectivity index is 1.59. The summed E-state index contributed by atoms with van der Waals surface area (Å²) in [6.45, 7) is 8.97. The zero-order chi connectivity index (χ0) is 24.1. The second kappa shape index (κ2) is 10.7. The van der Waals surface area contributed by atoms with E-state index >= 15 is 0 Å². The van der Waals surface area contributed by atoms with Crippen LogP contribution in [0.15, 0.2) is 78.5 Å². The molecule has 0 amide bonds. The molecule has 0 N–H and O–H groups in total. The molecule has 4 aromatic rings. The first-order valence-corrected chi connectivity index (χ1v) is 12.1. The van der Waals surface area contributed by atoms with Crippen molar-refractivity contribution in [3.05, 3.63) is 102 Å². The van der Waals surface area contributed by atoms with Crippen molar-refractivity contribution in [2.75, 3.05) is 5.75 Å². The highest BCUT2D eigenvalue weighted by molar-refractivity contribution is 7.99. The van der Waals surface area contributed by atoms with E-state index < -0.39 is 0 Å². The van der Waals surface area contributed by atoms with Crippen LogP contribution in [-0.2, 0) is 19.5 Å². The van der Waals surface area contributed by atoms with E-state index in [1.54, 1.807) is 18.2 Å². The van der Waals surface area contributed by atoms with Gasteiger partial charge in [0.05, 0.1) is 11.3 Å². The summed E-state index contributed by atoms with van der Waals surface area (Å²) in [7, 11) is 0. The fourth-order valence-corrected chi connectivity index (χ4v) is 4.87. The van der Waals surface area contributed by atoms with E-state index in [-0.39, 0.29) is 17.4 Å². The van der Waals surface area contributed by atoms with Crippen molar-refractivity contribution >= 4 is 17.5 Å². The predicted molar refractivity (Wildman–Crippen MR) is 135 cm³/mol. The smallest absolute Gasteiger partial charge is 0.191 e. The molecule has 7 heteroatoms. The van der Waals surface area contributed by atoms with Crippen molar-refractivity contribution in [3.8, 4) is 11.4 Å². The number of hydrogen-bond donors (Lipinski definition) is 0. The van der Waals surface area contributed by atoms with Crippen molar-refractivity contribution in [1.29, 1.82) is 0 Å². The van der Waals surface area contributed by atoms with E-state index in [0.717, 1.165) is 23.4 Å². The number of aryl methyl sites for hydroxylation is 2. The highest BCUT2D eigenvalue weighted by atomic mass is 32.2. The van der Waals surface area contributed by atoms with Gasteiger partial charge in [-0.3, -0.25) is 4.79 Å². The second-order valence-electron chi connectivity index (χ2n) is 8.07. The molecule has 0 radical (unpaired) electrons. The molecule has 174 valence electrons. The number of halogens is 1. The maximum absolute atomic E-state index is 14.6. The standard InChI is InChI=1S/C27H27FN4OS/c1-4-15-31-19(2)17-23(20(31)3)25(33)18-34-27-30-29-26(22-12-8-9-13-24(22)28)32(27)16-14-21-10-6-5-7-11-21/h4-13,17H,1,14-16,18H2,2-3H3. The topological polar surface area (TPSA) is 52.7 Å². The SMILES string of the molecule is C=CCn1c(C)cc(C(=O)CSc2nnc(-c3ccccc3F)n2CCc2ccccc2)c1C. The summed E-state index contributed by atoms with van der Waals surface area (Å²) < 4.78 is 18.5. The largest absolute Gasteiger partial charge is 0.345 e. The van der Waals surface area contributed by atoms with Crippen LogP contribution in [-0.4, -0.2) is 30.9 Å². The maximum Gasteiger partial charge on any atom is 0.191 e. The number of benzene rings is 2. The number of thioether (sulfide) groups is 1. The average Bonchev–Trinajstić information content (AvgIpc) is 3.38. The maximum atomic E-state index is 14.6. The van der Waals surface area contributed by atoms with Gasteiger partial charge in [-0.25, -0.2) is 4.39 Å². The van der Waals surface area contributed by atoms with E-state index in [0.29, 0.717) is 35.2 Å². The van der Waals surface area contributed by atoms with Crippen LogP contribution in [0.2, 0.25) is 0 Å². The third-order valence-corrected chi connectivity index (χ3v) is 6.78. The molecule has 2 aromatic carbocycles. The van der Waals surface area contributed by atoms with Crippen LogP contribution >= 0.6 is 11.8 Å². The summed E-state index contributed by atoms with van der Waals surface area (Å²) in [6.07, 6.45) is 2.56. The Labute approximate surface area is 203 Å². The van der Waals surface area contributed by atoms with Gasteiger partial charge >= 0.3 is 0 Å². The highest BCUT2D eigenvalue weighted by Crippen LogP contribution is 2.27. The van der Waals surface area contributed by atoms with Crippen LogP contribution in [0, 0.1) is 19.7 Å². The van der Waals surface area contributed by atoms with Gasteiger partial charge in [-0.2, -0.15) is 0 Å². The lowest BCUT2D eigenvalue weighted by Crippen LogP contribution is -2.09. The fourth-order valence-electron chi connectivity index (χ4n) is 4.03. The van der Waals surface area contributed by atoms with E-state index in [1.165, 1.54) is 17.8 Å². The minimum absolute atomic E-state index is 0.0264. The van der Waals surface area contributed by atoms with Crippen LogP contribution in [0.1, 0.15) is 27.3 Å². The van der Waals surface area contributed by atoms with Gasteiger partial charge in [0.15, 0.2) is 16.8 Å². The first-order chi connectivity index (χ1) is 16.5. The highest BCUT2D eigenvalue weighted by Gasteiger charge is 2.20. The van der Waals surface area contributed by atoms with Crippen LogP contribution in [0.5, 0.6) is 0 Å². The van der Waals surface area contributed by atoms with Gasteiger partial charge in [-0.05, 0) is 44.0 Å². The van der Waals surface area contributed by atoms with E-state index in [1.807, 2.05) is 48.8 Å². The van der Waals surface area contributed by atoms with Crippen molar-refractivity contribution in [2.45, 2.75) is 38.5 Å². The molecule has 4 rings (SSSR count). The molecule has 0 aliphatic rings. The molecule has 0 saturated heterocycles. The third kappa shape index (κ3) is 5.04. The summed E-state index contributed by atoms with van der Waals surface area (Å²) in [4.78, 5) is 13.1. The number of ketones is 1. The Kier molecular flexibility index (Phi) is 7.43. The van der Waals surface area contributed by atoms with Gasteiger partial charge in [-0.1, -0.05) is 60.3 Å². The van der Waals surface area contributed by atoms with Crippen molar-refractivity contribution in [2.24, 2.45) is 0 Å². The van der Waals surface area contributed by atoms with E-state index in [4.69, 9.17) is 0 Å². The molecular formula is C27H27FN4OS. The van der Waals surface area contributed by atoms with E-state index in [9.17, 15) is 9.18 Å². The van der Waals surface area contributed by atoms with Crippen LogP contribution in [0.3, 0.4) is 0 Å². The van der Waals surface area contributed by atoms with Gasteiger partial charge in [-0.15, -0.1) is 16.8 Å². The summed E-state index contributed by atoms with van der Waals surface area (Å²) >= 11 is 1.33. The molecule has 0 spiro atoms. The average molecular weight is 475 g/mol. The molecule has 2 heterocycles. The van der Waals surface area contributed by atoms with Crippen molar-refractivity contribution in [3.63, 3.8) is 0 Å². The van der Waals surface area contributed by atoms with Gasteiger partial charge in [0.1, 0.15) is 5.82 Å². The zero-order valence-corrected chi connectivity index (χ0v) is 20.2. The number of Topliss-reactive ketones (excluding diaryl/α,β-unsaturated/α-hetero) is 1. The lowest BCUT2D eigenvalue weighted by Gasteiger charge is -2.11. The minimum Gasteiger partial charge on any atom is -0.345 e. The Morgan fingerprint density at radius 2 is 1.79 bits per heavy atom. The Hall–Kier alpha value is -3.45. The molecular weight excluding hydrogens is 447 g/mol. The number of aromatic nitrogens is 4. The molecule has 0 unspecified atom stereocenters. The molecule has 34 heavy (non-hydrogen) atoms. The van der Waals surface area contributed by atoms with Crippen LogP contribution in [0.4, 0.5) is 4.39 Å². The lowest BCUT2D eigenvalue weighted by molar-refractivity contribution is 0.102.